The fourth-order valence-electron chi connectivity index (χ4n) is 2.81. The van der Waals surface area contributed by atoms with Gasteiger partial charge in [0.15, 0.2) is 5.78 Å². The second kappa shape index (κ2) is 11.8. The highest BCUT2D eigenvalue weighted by molar-refractivity contribution is 5.95. The van der Waals surface area contributed by atoms with Crippen LogP contribution in [0, 0.1) is 11.8 Å². The third-order valence-corrected chi connectivity index (χ3v) is 4.28. The highest BCUT2D eigenvalue weighted by Gasteiger charge is 2.26. The van der Waals surface area contributed by atoms with Gasteiger partial charge in [-0.1, -0.05) is 50.1 Å². The summed E-state index contributed by atoms with van der Waals surface area (Å²) in [5.41, 5.74) is 0. The van der Waals surface area contributed by atoms with Crippen molar-refractivity contribution in [3.63, 3.8) is 0 Å². The van der Waals surface area contributed by atoms with Crippen LogP contribution in [0.4, 0.5) is 0 Å². The maximum atomic E-state index is 12.0. The lowest BCUT2D eigenvalue weighted by Crippen LogP contribution is -2.14. The van der Waals surface area contributed by atoms with E-state index in [4.69, 9.17) is 5.11 Å². The molecule has 4 nitrogen and oxygen atoms in total. The molecule has 4 heteroatoms. The molecule has 0 fully saturated rings. The Bertz CT molecular complexity index is 476. The van der Waals surface area contributed by atoms with E-state index >= 15 is 0 Å². The lowest BCUT2D eigenvalue weighted by molar-refractivity contribution is -0.137. The second-order valence-electron chi connectivity index (χ2n) is 6.39. The van der Waals surface area contributed by atoms with Gasteiger partial charge in [-0.3, -0.25) is 9.59 Å². The summed E-state index contributed by atoms with van der Waals surface area (Å²) in [6.07, 6.45) is 17.1. The van der Waals surface area contributed by atoms with Crippen molar-refractivity contribution in [2.24, 2.45) is 11.8 Å². The van der Waals surface area contributed by atoms with Crippen molar-refractivity contribution >= 4 is 11.8 Å². The SMILES string of the molecule is CCCCC/C=C\C[C@@H]1C=CC(=O)[C@@H]1/C=C/[C@@H](O)CCCC(=O)O. The van der Waals surface area contributed by atoms with Gasteiger partial charge in [-0.15, -0.1) is 0 Å². The van der Waals surface area contributed by atoms with E-state index in [1.807, 2.05) is 6.08 Å². The Morgan fingerprint density at radius 1 is 1.29 bits per heavy atom. The van der Waals surface area contributed by atoms with Gasteiger partial charge in [0.05, 0.1) is 6.10 Å². The molecule has 134 valence electrons. The van der Waals surface area contributed by atoms with E-state index in [0.29, 0.717) is 12.8 Å². The first-order valence-electron chi connectivity index (χ1n) is 8.99. The molecule has 0 aromatic rings. The summed E-state index contributed by atoms with van der Waals surface area (Å²) in [4.78, 5) is 22.4. The summed E-state index contributed by atoms with van der Waals surface area (Å²) in [5.74, 6) is -0.831. The molecule has 0 saturated carbocycles. The number of hydrogen-bond acceptors (Lipinski definition) is 3. The van der Waals surface area contributed by atoms with E-state index in [1.54, 1.807) is 18.2 Å². The summed E-state index contributed by atoms with van der Waals surface area (Å²) < 4.78 is 0. The van der Waals surface area contributed by atoms with Gasteiger partial charge >= 0.3 is 5.97 Å². The first kappa shape index (κ1) is 20.4. The molecular weight excluding hydrogens is 304 g/mol. The van der Waals surface area contributed by atoms with E-state index in [1.165, 1.54) is 19.3 Å². The van der Waals surface area contributed by atoms with Crippen molar-refractivity contribution in [2.45, 2.75) is 64.4 Å². The number of carboxylic acid groups (broad SMARTS) is 1. The average molecular weight is 334 g/mol. The lowest BCUT2D eigenvalue weighted by Gasteiger charge is -2.13. The molecule has 0 unspecified atom stereocenters. The Balaban J connectivity index is 2.39. The molecule has 24 heavy (non-hydrogen) atoms. The minimum Gasteiger partial charge on any atom is -0.481 e. The van der Waals surface area contributed by atoms with Crippen LogP contribution < -0.4 is 0 Å². The molecular formula is C20H30O4. The molecule has 0 saturated heterocycles. The number of carbonyl (C=O) groups excluding carboxylic acids is 1. The van der Waals surface area contributed by atoms with E-state index in [-0.39, 0.29) is 24.0 Å². The van der Waals surface area contributed by atoms with Crippen LogP contribution in [0.3, 0.4) is 0 Å². The van der Waals surface area contributed by atoms with E-state index in [0.717, 1.165) is 12.8 Å². The van der Waals surface area contributed by atoms with Crippen LogP contribution in [-0.2, 0) is 9.59 Å². The number of ketones is 1. The number of unbranched alkanes of at least 4 members (excludes halogenated alkanes) is 3. The lowest BCUT2D eigenvalue weighted by atomic mass is 9.90. The van der Waals surface area contributed by atoms with Crippen LogP contribution in [0.5, 0.6) is 0 Å². The number of aliphatic hydroxyl groups is 1. The Morgan fingerprint density at radius 3 is 2.79 bits per heavy atom. The molecule has 0 spiro atoms. The molecule has 1 rings (SSSR count). The highest BCUT2D eigenvalue weighted by atomic mass is 16.4. The molecule has 0 aromatic carbocycles. The number of allylic oxidation sites excluding steroid dienone is 5. The van der Waals surface area contributed by atoms with Crippen LogP contribution in [0.2, 0.25) is 0 Å². The van der Waals surface area contributed by atoms with Gasteiger partial charge in [0, 0.05) is 12.3 Å². The van der Waals surface area contributed by atoms with E-state index < -0.39 is 12.1 Å². The predicted molar refractivity (Wildman–Crippen MR) is 95.7 cm³/mol. The Hall–Kier alpha value is -1.68. The van der Waals surface area contributed by atoms with Crippen molar-refractivity contribution in [2.75, 3.05) is 0 Å². The van der Waals surface area contributed by atoms with Gasteiger partial charge in [0.1, 0.15) is 0 Å². The minimum absolute atomic E-state index is 0.0558. The van der Waals surface area contributed by atoms with Crippen molar-refractivity contribution in [1.82, 2.24) is 0 Å². The smallest absolute Gasteiger partial charge is 0.303 e. The number of hydrogen-bond donors (Lipinski definition) is 2. The van der Waals surface area contributed by atoms with Crippen molar-refractivity contribution in [3.8, 4) is 0 Å². The van der Waals surface area contributed by atoms with E-state index in [9.17, 15) is 14.7 Å². The average Bonchev–Trinajstić information content (AvgIpc) is 2.88. The topological polar surface area (TPSA) is 74.6 Å². The maximum absolute atomic E-state index is 12.0. The van der Waals surface area contributed by atoms with Crippen LogP contribution in [0.1, 0.15) is 58.3 Å². The normalized spacial score (nSPS) is 22.0. The van der Waals surface area contributed by atoms with Crippen LogP contribution in [-0.4, -0.2) is 28.1 Å². The summed E-state index contributed by atoms with van der Waals surface area (Å²) in [7, 11) is 0. The quantitative estimate of drug-likeness (QED) is 0.417. The molecule has 0 radical (unpaired) electrons. The Labute approximate surface area is 145 Å². The maximum Gasteiger partial charge on any atom is 0.303 e. The fourth-order valence-corrected chi connectivity index (χ4v) is 2.81. The zero-order valence-corrected chi connectivity index (χ0v) is 14.6. The van der Waals surface area contributed by atoms with Gasteiger partial charge in [-0.2, -0.15) is 0 Å². The van der Waals surface area contributed by atoms with Crippen LogP contribution >= 0.6 is 0 Å². The highest BCUT2D eigenvalue weighted by Crippen LogP contribution is 2.27. The Kier molecular flexibility index (Phi) is 10.0. The monoisotopic (exact) mass is 334 g/mol. The number of aliphatic hydroxyl groups excluding tert-OH is 1. The van der Waals surface area contributed by atoms with Gasteiger partial charge < -0.3 is 10.2 Å². The zero-order chi connectivity index (χ0) is 17.8. The Morgan fingerprint density at radius 2 is 2.08 bits per heavy atom. The standard InChI is InChI=1S/C20H30O4/c1-2-3-4-5-6-7-9-16-12-15-19(22)18(16)14-13-17(21)10-8-11-20(23)24/h6-7,12-18,21H,2-5,8-11H2,1H3,(H,23,24)/b7-6-,14-13+/t16-,17+,18-/m1/s1. The molecule has 0 aliphatic heterocycles. The predicted octanol–water partition coefficient (Wildman–Crippen LogP) is 4.06. The molecule has 2 N–H and O–H groups in total. The molecule has 0 amide bonds. The van der Waals surface area contributed by atoms with Crippen molar-refractivity contribution in [1.29, 1.82) is 0 Å². The van der Waals surface area contributed by atoms with Gasteiger partial charge in [0.25, 0.3) is 0 Å². The summed E-state index contributed by atoms with van der Waals surface area (Å²) in [5, 5.41) is 18.5. The molecule has 0 aromatic heterocycles. The molecule has 3 atom stereocenters. The third kappa shape index (κ3) is 8.25. The first-order chi connectivity index (χ1) is 11.5. The van der Waals surface area contributed by atoms with E-state index in [2.05, 4.69) is 19.1 Å². The number of carbonyl (C=O) groups is 2. The summed E-state index contributed by atoms with van der Waals surface area (Å²) in [6.45, 7) is 2.19. The largest absolute Gasteiger partial charge is 0.481 e. The summed E-state index contributed by atoms with van der Waals surface area (Å²) >= 11 is 0. The third-order valence-electron chi connectivity index (χ3n) is 4.28. The first-order valence-corrected chi connectivity index (χ1v) is 8.99. The van der Waals surface area contributed by atoms with Gasteiger partial charge in [-0.25, -0.2) is 0 Å². The molecule has 1 aliphatic rings. The van der Waals surface area contributed by atoms with Crippen LogP contribution in [0.15, 0.2) is 36.5 Å². The van der Waals surface area contributed by atoms with Gasteiger partial charge in [-0.05, 0) is 44.1 Å². The second-order valence-corrected chi connectivity index (χ2v) is 6.39. The number of rotatable bonds is 12. The van der Waals surface area contributed by atoms with Crippen molar-refractivity contribution < 1.29 is 19.8 Å². The fraction of sp³-hybridized carbons (Fsp3) is 0.600. The van der Waals surface area contributed by atoms with Crippen molar-refractivity contribution in [3.05, 3.63) is 36.5 Å². The molecule has 0 heterocycles. The minimum atomic E-state index is -0.855. The molecule has 1 aliphatic carbocycles. The van der Waals surface area contributed by atoms with Gasteiger partial charge in [0.2, 0.25) is 0 Å². The van der Waals surface area contributed by atoms with Crippen LogP contribution in [0.25, 0.3) is 0 Å². The number of aliphatic carboxylic acids is 1. The molecule has 0 bridgehead atoms. The zero-order valence-electron chi connectivity index (χ0n) is 14.6. The number of carboxylic acids is 1. The summed E-state index contributed by atoms with van der Waals surface area (Å²) in [6, 6.07) is 0.